The molecule has 0 aromatic heterocycles. The van der Waals surface area contributed by atoms with Crippen molar-refractivity contribution < 1.29 is 5.11 Å². The molecule has 0 aliphatic rings. The lowest BCUT2D eigenvalue weighted by molar-refractivity contribution is 0.412. The van der Waals surface area contributed by atoms with E-state index in [2.05, 4.69) is 0 Å². The fraction of sp³-hybridized carbons (Fsp3) is 0.429. The van der Waals surface area contributed by atoms with Crippen LogP contribution in [0.4, 0.5) is 0 Å². The molecule has 0 amide bonds. The van der Waals surface area contributed by atoms with Crippen molar-refractivity contribution in [1.29, 1.82) is 0 Å². The van der Waals surface area contributed by atoms with Gasteiger partial charge in [-0.25, -0.2) is 0 Å². The van der Waals surface area contributed by atoms with Crippen molar-refractivity contribution >= 4 is 23.2 Å². The summed E-state index contributed by atoms with van der Waals surface area (Å²) >= 11 is 11.2. The molecule has 0 bridgehead atoms. The van der Waals surface area contributed by atoms with Crippen LogP contribution in [-0.2, 0) is 0 Å². The van der Waals surface area contributed by atoms with Crippen LogP contribution >= 0.6 is 23.2 Å². The van der Waals surface area contributed by atoms with Gasteiger partial charge >= 0.3 is 0 Å². The van der Waals surface area contributed by atoms with Crippen molar-refractivity contribution in [3.05, 3.63) is 21.9 Å². The van der Waals surface area contributed by atoms with Gasteiger partial charge in [0, 0.05) is 5.03 Å². The van der Waals surface area contributed by atoms with Crippen LogP contribution in [0.2, 0.25) is 0 Å². The summed E-state index contributed by atoms with van der Waals surface area (Å²) in [5.41, 5.74) is 0. The topological polar surface area (TPSA) is 20.2 Å². The highest BCUT2D eigenvalue weighted by Crippen LogP contribution is 2.15. The first-order valence-corrected chi connectivity index (χ1v) is 3.75. The van der Waals surface area contributed by atoms with Gasteiger partial charge in [-0.2, -0.15) is 0 Å². The van der Waals surface area contributed by atoms with Gasteiger partial charge in [-0.15, -0.1) is 0 Å². The Bertz CT molecular complexity index is 166. The zero-order chi connectivity index (χ0) is 8.15. The molecule has 3 heteroatoms. The van der Waals surface area contributed by atoms with E-state index in [1.54, 1.807) is 6.08 Å². The summed E-state index contributed by atoms with van der Waals surface area (Å²) in [6.45, 7) is 3.42. The third-order valence-corrected chi connectivity index (χ3v) is 1.73. The highest BCUT2D eigenvalue weighted by atomic mass is 35.5. The first kappa shape index (κ1) is 9.86. The Kier molecular flexibility index (Phi) is 4.58. The lowest BCUT2D eigenvalue weighted by Gasteiger charge is -1.93. The summed E-state index contributed by atoms with van der Waals surface area (Å²) in [7, 11) is 0. The van der Waals surface area contributed by atoms with E-state index in [1.165, 1.54) is 6.92 Å². The minimum absolute atomic E-state index is 0.0910. The molecule has 0 aromatic carbocycles. The predicted octanol–water partition coefficient (Wildman–Crippen LogP) is 3.55. The predicted molar refractivity (Wildman–Crippen MR) is 45.4 cm³/mol. The number of rotatable bonds is 2. The van der Waals surface area contributed by atoms with Gasteiger partial charge in [-0.3, -0.25) is 0 Å². The molecule has 0 atom stereocenters. The van der Waals surface area contributed by atoms with Gasteiger partial charge < -0.3 is 5.11 Å². The van der Waals surface area contributed by atoms with Crippen LogP contribution in [0.3, 0.4) is 0 Å². The van der Waals surface area contributed by atoms with Crippen molar-refractivity contribution in [2.75, 3.05) is 0 Å². The second kappa shape index (κ2) is 4.64. The fourth-order valence-corrected chi connectivity index (χ4v) is 0.641. The molecule has 0 aliphatic carbocycles. The molecule has 0 saturated heterocycles. The first-order valence-electron chi connectivity index (χ1n) is 2.99. The highest BCUT2D eigenvalue weighted by molar-refractivity contribution is 6.34. The molecule has 1 nitrogen and oxygen atoms in total. The molecule has 0 aliphatic heterocycles. The third-order valence-electron chi connectivity index (χ3n) is 0.967. The summed E-state index contributed by atoms with van der Waals surface area (Å²) < 4.78 is 0. The van der Waals surface area contributed by atoms with Crippen molar-refractivity contribution in [2.24, 2.45) is 0 Å². The molecule has 0 fully saturated rings. The van der Waals surface area contributed by atoms with E-state index in [1.807, 2.05) is 6.92 Å². The summed E-state index contributed by atoms with van der Waals surface area (Å²) in [6.07, 6.45) is 2.27. The zero-order valence-electron chi connectivity index (χ0n) is 5.99. The standard InChI is InChI=1S/C7H10Cl2O/c1-3-6(8)4-7(9)5(2)10/h4,10H,3H2,1-2H3/b6-4+,7-5-. The lowest BCUT2D eigenvalue weighted by atomic mass is 10.3. The highest BCUT2D eigenvalue weighted by Gasteiger charge is 1.93. The Balaban J connectivity index is 4.27. The lowest BCUT2D eigenvalue weighted by Crippen LogP contribution is -1.75. The summed E-state index contributed by atoms with van der Waals surface area (Å²) in [5.74, 6) is 0.0910. The number of hydrogen-bond donors (Lipinski definition) is 1. The van der Waals surface area contributed by atoms with E-state index in [-0.39, 0.29) is 5.76 Å². The summed E-state index contributed by atoms with van der Waals surface area (Å²) in [4.78, 5) is 0. The Morgan fingerprint density at radius 2 is 2.00 bits per heavy atom. The number of allylic oxidation sites excluding steroid dienone is 4. The normalized spacial score (nSPS) is 15.0. The Morgan fingerprint density at radius 3 is 2.30 bits per heavy atom. The van der Waals surface area contributed by atoms with E-state index in [9.17, 15) is 0 Å². The second-order valence-electron chi connectivity index (χ2n) is 1.88. The summed E-state index contributed by atoms with van der Waals surface area (Å²) in [5, 5.41) is 9.75. The molecule has 0 radical (unpaired) electrons. The molecule has 0 saturated carbocycles. The second-order valence-corrected chi connectivity index (χ2v) is 2.77. The number of aliphatic hydroxyl groups excluding tert-OH is 1. The number of hydrogen-bond acceptors (Lipinski definition) is 1. The summed E-state index contributed by atoms with van der Waals surface area (Å²) in [6, 6.07) is 0. The van der Waals surface area contributed by atoms with Gasteiger partial charge in [-0.05, 0) is 19.4 Å². The van der Waals surface area contributed by atoms with E-state index < -0.39 is 0 Å². The van der Waals surface area contributed by atoms with Crippen molar-refractivity contribution in [2.45, 2.75) is 20.3 Å². The van der Waals surface area contributed by atoms with Crippen molar-refractivity contribution in [1.82, 2.24) is 0 Å². The first-order chi connectivity index (χ1) is 4.57. The molecule has 1 N–H and O–H groups in total. The number of halogens is 2. The van der Waals surface area contributed by atoms with E-state index >= 15 is 0 Å². The smallest absolute Gasteiger partial charge is 0.108 e. The van der Waals surface area contributed by atoms with Crippen LogP contribution in [0, 0.1) is 0 Å². The Morgan fingerprint density at radius 1 is 1.50 bits per heavy atom. The Labute approximate surface area is 71.0 Å². The van der Waals surface area contributed by atoms with Crippen LogP contribution in [0.15, 0.2) is 21.9 Å². The van der Waals surface area contributed by atoms with E-state index in [4.69, 9.17) is 28.3 Å². The maximum absolute atomic E-state index is 8.81. The average Bonchev–Trinajstić information content (AvgIpc) is 1.87. The molecule has 0 aromatic rings. The van der Waals surface area contributed by atoms with Crippen LogP contribution in [0.5, 0.6) is 0 Å². The molecule has 0 unspecified atom stereocenters. The van der Waals surface area contributed by atoms with Gasteiger partial charge in [0.25, 0.3) is 0 Å². The maximum Gasteiger partial charge on any atom is 0.108 e. The minimum Gasteiger partial charge on any atom is -0.511 e. The average molecular weight is 181 g/mol. The monoisotopic (exact) mass is 180 g/mol. The van der Waals surface area contributed by atoms with Crippen molar-refractivity contribution in [3.8, 4) is 0 Å². The van der Waals surface area contributed by atoms with E-state index in [0.717, 1.165) is 6.42 Å². The molecule has 0 spiro atoms. The SMILES string of the molecule is CC/C(Cl)=C\C(Cl)=C(/C)O. The van der Waals surface area contributed by atoms with E-state index in [0.29, 0.717) is 10.1 Å². The van der Waals surface area contributed by atoms with Crippen LogP contribution in [0.25, 0.3) is 0 Å². The van der Waals surface area contributed by atoms with Crippen molar-refractivity contribution in [3.63, 3.8) is 0 Å². The molecule has 58 valence electrons. The van der Waals surface area contributed by atoms with Crippen LogP contribution in [0.1, 0.15) is 20.3 Å². The molecule has 10 heavy (non-hydrogen) atoms. The van der Waals surface area contributed by atoms with Crippen LogP contribution < -0.4 is 0 Å². The molecule has 0 rings (SSSR count). The van der Waals surface area contributed by atoms with Gasteiger partial charge in [0.05, 0.1) is 5.03 Å². The Hall–Kier alpha value is -0.140. The largest absolute Gasteiger partial charge is 0.511 e. The van der Waals surface area contributed by atoms with Gasteiger partial charge in [0.2, 0.25) is 0 Å². The number of aliphatic hydroxyl groups is 1. The molecular formula is C7H10Cl2O. The zero-order valence-corrected chi connectivity index (χ0v) is 7.50. The van der Waals surface area contributed by atoms with Crippen LogP contribution in [-0.4, -0.2) is 5.11 Å². The third kappa shape index (κ3) is 3.80. The van der Waals surface area contributed by atoms with Gasteiger partial charge in [0.1, 0.15) is 5.76 Å². The van der Waals surface area contributed by atoms with Gasteiger partial charge in [-0.1, -0.05) is 30.1 Å². The molecular weight excluding hydrogens is 171 g/mol. The maximum atomic E-state index is 8.81. The quantitative estimate of drug-likeness (QED) is 0.510. The fourth-order valence-electron chi connectivity index (χ4n) is 0.344. The van der Waals surface area contributed by atoms with Gasteiger partial charge in [0.15, 0.2) is 0 Å². The minimum atomic E-state index is 0.0910. The molecule has 0 heterocycles.